The van der Waals surface area contributed by atoms with Gasteiger partial charge < -0.3 is 40.7 Å². The van der Waals surface area contributed by atoms with Crippen LogP contribution in [0.5, 0.6) is 11.5 Å². The van der Waals surface area contributed by atoms with Gasteiger partial charge in [-0.1, -0.05) is 0 Å². The average Bonchev–Trinajstić information content (AvgIpc) is 3.41. The van der Waals surface area contributed by atoms with E-state index in [9.17, 15) is 20.1 Å². The molecule has 186 valence electrons. The molecule has 0 bridgehead atoms. The molecule has 0 unspecified atom stereocenters. The molecule has 3 atom stereocenters. The number of rotatable bonds is 8. The van der Waals surface area contributed by atoms with Crippen molar-refractivity contribution in [3.05, 3.63) is 33.7 Å². The zero-order valence-corrected chi connectivity index (χ0v) is 19.5. The second kappa shape index (κ2) is 9.44. The Bertz CT molecular complexity index is 1130. The van der Waals surface area contributed by atoms with Gasteiger partial charge in [0.15, 0.2) is 11.4 Å². The summed E-state index contributed by atoms with van der Waals surface area (Å²) in [4.78, 5) is 17.1. The van der Waals surface area contributed by atoms with Crippen LogP contribution in [0.1, 0.15) is 63.4 Å². The lowest BCUT2D eigenvalue weighted by Gasteiger charge is -2.24. The van der Waals surface area contributed by atoms with Gasteiger partial charge in [0.05, 0.1) is 24.4 Å². The van der Waals surface area contributed by atoms with Crippen molar-refractivity contribution >= 4 is 16.9 Å². The average molecular weight is 476 g/mol. The van der Waals surface area contributed by atoms with E-state index in [4.69, 9.17) is 25.4 Å². The van der Waals surface area contributed by atoms with Gasteiger partial charge in [-0.3, -0.25) is 4.79 Å². The number of nitrogens with two attached hydrogens (primary N) is 2. The van der Waals surface area contributed by atoms with Crippen molar-refractivity contribution in [2.45, 2.75) is 82.3 Å². The van der Waals surface area contributed by atoms with E-state index in [0.717, 1.165) is 31.2 Å². The Morgan fingerprint density at radius 1 is 1.29 bits per heavy atom. The summed E-state index contributed by atoms with van der Waals surface area (Å²) in [6.45, 7) is 2.96. The Balaban J connectivity index is 1.76. The van der Waals surface area contributed by atoms with Crippen LogP contribution < -0.4 is 26.4 Å². The number of aliphatic hydroxyl groups excluding tert-OH is 2. The summed E-state index contributed by atoms with van der Waals surface area (Å²) in [7, 11) is 0. The predicted molar refractivity (Wildman–Crippen MR) is 126 cm³/mol. The summed E-state index contributed by atoms with van der Waals surface area (Å²) in [6, 6.07) is 2.08. The van der Waals surface area contributed by atoms with Gasteiger partial charge in [0, 0.05) is 30.5 Å². The zero-order valence-electron chi connectivity index (χ0n) is 19.5. The van der Waals surface area contributed by atoms with E-state index in [-0.39, 0.29) is 47.2 Å². The third-order valence-corrected chi connectivity index (χ3v) is 6.45. The second-order valence-electron chi connectivity index (χ2n) is 9.70. The minimum absolute atomic E-state index is 0.00884. The number of hydrogen-bond donors (Lipinski definition) is 5. The quantitative estimate of drug-likeness (QED) is 0.278. The molecule has 7 N–H and O–H groups in total. The number of aliphatic hydroxyl groups is 3. The molecular weight excluding hydrogens is 442 g/mol. The molecule has 10 nitrogen and oxygen atoms in total. The summed E-state index contributed by atoms with van der Waals surface area (Å²) in [6.07, 6.45) is 2.54. The van der Waals surface area contributed by atoms with Crippen LogP contribution >= 0.6 is 0 Å². The Hall–Kier alpha value is -2.82. The van der Waals surface area contributed by atoms with E-state index in [2.05, 4.69) is 4.99 Å². The number of aliphatic imine (C=N–C) groups is 1. The fourth-order valence-corrected chi connectivity index (χ4v) is 4.62. The predicted octanol–water partition coefficient (Wildman–Crippen LogP) is 1.25. The number of benzene rings is 1. The molecule has 1 aliphatic heterocycles. The molecule has 1 aliphatic carbocycles. The summed E-state index contributed by atoms with van der Waals surface area (Å²) < 4.78 is 18.3. The molecule has 1 saturated carbocycles. The molecule has 4 rings (SSSR count). The summed E-state index contributed by atoms with van der Waals surface area (Å²) in [5, 5.41) is 31.0. The Kier molecular flexibility index (Phi) is 6.75. The molecule has 10 heteroatoms. The first-order chi connectivity index (χ1) is 16.1. The van der Waals surface area contributed by atoms with Crippen LogP contribution in [0.2, 0.25) is 0 Å². The van der Waals surface area contributed by atoms with Gasteiger partial charge in [0.1, 0.15) is 40.4 Å². The topological polar surface area (TPSA) is 174 Å². The molecule has 2 aromatic rings. The SMILES string of the molecule is CC(C)(O)[C@H]1Cc2c(cc3oc([C@H](O)C[C@H](CO)N=C(N)N)cc(=O)c3c2OC2CCCC2)O1. The first-order valence-electron chi connectivity index (χ1n) is 11.6. The van der Waals surface area contributed by atoms with Gasteiger partial charge in [-0.05, 0) is 39.5 Å². The van der Waals surface area contributed by atoms with Crippen molar-refractivity contribution in [2.24, 2.45) is 16.5 Å². The fraction of sp³-hybridized carbons (Fsp3) is 0.583. The Morgan fingerprint density at radius 3 is 2.62 bits per heavy atom. The highest BCUT2D eigenvalue weighted by Crippen LogP contribution is 2.44. The lowest BCUT2D eigenvalue weighted by Crippen LogP contribution is -2.39. The van der Waals surface area contributed by atoms with Gasteiger partial charge in [0.2, 0.25) is 0 Å². The lowest BCUT2D eigenvalue weighted by atomic mass is 9.96. The van der Waals surface area contributed by atoms with Gasteiger partial charge in [-0.25, -0.2) is 4.99 Å². The molecule has 0 saturated heterocycles. The van der Waals surface area contributed by atoms with E-state index >= 15 is 0 Å². The van der Waals surface area contributed by atoms with Crippen LogP contribution in [0.3, 0.4) is 0 Å². The maximum absolute atomic E-state index is 13.3. The van der Waals surface area contributed by atoms with E-state index < -0.39 is 23.9 Å². The van der Waals surface area contributed by atoms with Crippen molar-refractivity contribution in [3.8, 4) is 11.5 Å². The second-order valence-corrected chi connectivity index (χ2v) is 9.70. The molecule has 0 amide bonds. The number of ether oxygens (including phenoxy) is 2. The largest absolute Gasteiger partial charge is 0.489 e. The first kappa shape index (κ1) is 24.3. The number of hydrogen-bond acceptors (Lipinski definition) is 8. The van der Waals surface area contributed by atoms with Crippen molar-refractivity contribution in [3.63, 3.8) is 0 Å². The monoisotopic (exact) mass is 475 g/mol. The van der Waals surface area contributed by atoms with Gasteiger partial charge in [0.25, 0.3) is 0 Å². The highest BCUT2D eigenvalue weighted by molar-refractivity contribution is 5.87. The molecule has 1 aromatic heterocycles. The minimum Gasteiger partial charge on any atom is -0.489 e. The van der Waals surface area contributed by atoms with E-state index in [1.807, 2.05) is 0 Å². The number of nitrogens with zero attached hydrogens (tertiary/aromatic N) is 1. The molecule has 1 aromatic carbocycles. The smallest absolute Gasteiger partial charge is 0.196 e. The van der Waals surface area contributed by atoms with Crippen LogP contribution in [0.15, 0.2) is 26.3 Å². The molecule has 0 radical (unpaired) electrons. The third kappa shape index (κ3) is 4.98. The highest BCUT2D eigenvalue weighted by atomic mass is 16.5. The van der Waals surface area contributed by atoms with Crippen LogP contribution in [-0.2, 0) is 6.42 Å². The maximum Gasteiger partial charge on any atom is 0.196 e. The summed E-state index contributed by atoms with van der Waals surface area (Å²) >= 11 is 0. The van der Waals surface area contributed by atoms with E-state index in [1.165, 1.54) is 6.07 Å². The summed E-state index contributed by atoms with van der Waals surface area (Å²) in [5.41, 5.74) is 10.2. The Labute approximate surface area is 197 Å². The van der Waals surface area contributed by atoms with Crippen LogP contribution in [0, 0.1) is 0 Å². The third-order valence-electron chi connectivity index (χ3n) is 6.45. The molecule has 34 heavy (non-hydrogen) atoms. The van der Waals surface area contributed by atoms with Gasteiger partial charge in [-0.2, -0.15) is 0 Å². The highest BCUT2D eigenvalue weighted by Gasteiger charge is 2.38. The standard InChI is InChI=1S/C24H33N3O7/c1-24(2,31)20-8-14-17(34-20)10-19-21(22(14)32-13-5-3-4-6-13)16(30)9-18(33-19)15(29)7-12(11-28)27-23(25)26/h9-10,12-13,15,20,28-29,31H,3-8,11H2,1-2H3,(H4,25,26,27)/t12-,15-,20-/m1/s1. The van der Waals surface area contributed by atoms with Crippen molar-refractivity contribution < 1.29 is 29.2 Å². The number of guanidine groups is 1. The van der Waals surface area contributed by atoms with E-state index in [0.29, 0.717) is 17.9 Å². The van der Waals surface area contributed by atoms with Crippen molar-refractivity contribution in [1.82, 2.24) is 0 Å². The number of fused-ring (bicyclic) bond motifs is 2. The Morgan fingerprint density at radius 2 is 2.00 bits per heavy atom. The summed E-state index contributed by atoms with van der Waals surface area (Å²) in [5.74, 6) is 0.713. The van der Waals surface area contributed by atoms with Crippen LogP contribution in [0.4, 0.5) is 0 Å². The van der Waals surface area contributed by atoms with Crippen molar-refractivity contribution in [1.29, 1.82) is 0 Å². The van der Waals surface area contributed by atoms with Crippen LogP contribution in [-0.4, -0.2) is 51.7 Å². The zero-order chi connectivity index (χ0) is 24.6. The molecule has 2 aliphatic rings. The van der Waals surface area contributed by atoms with Crippen LogP contribution in [0.25, 0.3) is 11.0 Å². The van der Waals surface area contributed by atoms with E-state index in [1.54, 1.807) is 19.9 Å². The fourth-order valence-electron chi connectivity index (χ4n) is 4.62. The molecule has 2 heterocycles. The molecule has 1 fully saturated rings. The molecular formula is C24H33N3O7. The van der Waals surface area contributed by atoms with Crippen molar-refractivity contribution in [2.75, 3.05) is 6.61 Å². The van der Waals surface area contributed by atoms with Gasteiger partial charge >= 0.3 is 0 Å². The van der Waals surface area contributed by atoms with Gasteiger partial charge in [-0.15, -0.1) is 0 Å². The molecule has 0 spiro atoms. The maximum atomic E-state index is 13.3. The lowest BCUT2D eigenvalue weighted by molar-refractivity contribution is -0.0229. The minimum atomic E-state index is -1.23. The first-order valence-corrected chi connectivity index (χ1v) is 11.6. The normalized spacial score (nSPS) is 20.1.